The molecule has 0 radical (unpaired) electrons. The molecule has 1 aromatic heterocycles. The quantitative estimate of drug-likeness (QED) is 0.737. The van der Waals surface area contributed by atoms with E-state index in [1.165, 1.54) is 0 Å². The molecule has 1 heterocycles. The highest BCUT2D eigenvalue weighted by atomic mass is 35.5. The normalized spacial score (nSPS) is 12.8. The molecule has 1 amide bonds. The Morgan fingerprint density at radius 1 is 1.67 bits per heavy atom. The maximum Gasteiger partial charge on any atom is 0.219 e. The Morgan fingerprint density at radius 2 is 2.33 bits per heavy atom. The van der Waals surface area contributed by atoms with Gasteiger partial charge in [-0.2, -0.15) is 0 Å². The zero-order valence-electron chi connectivity index (χ0n) is 6.29. The predicted octanol–water partition coefficient (Wildman–Crippen LogP) is 0.808. The van der Waals surface area contributed by atoms with Gasteiger partial charge >= 0.3 is 0 Å². The van der Waals surface area contributed by atoms with Gasteiger partial charge in [0.15, 0.2) is 5.22 Å². The van der Waals surface area contributed by atoms with Crippen molar-refractivity contribution in [1.82, 2.24) is 0 Å². The number of furan rings is 1. The van der Waals surface area contributed by atoms with Crippen molar-refractivity contribution in [3.05, 3.63) is 23.1 Å². The largest absolute Gasteiger partial charge is 0.448 e. The molecule has 1 aromatic rings. The number of halogens is 1. The molecule has 0 aliphatic rings. The van der Waals surface area contributed by atoms with Gasteiger partial charge in [-0.25, -0.2) is 0 Å². The summed E-state index contributed by atoms with van der Waals surface area (Å²) in [5, 5.41) is 0.255. The van der Waals surface area contributed by atoms with Crippen molar-refractivity contribution in [3.63, 3.8) is 0 Å². The van der Waals surface area contributed by atoms with E-state index in [4.69, 9.17) is 27.5 Å². The molecule has 5 heteroatoms. The van der Waals surface area contributed by atoms with Gasteiger partial charge in [-0.05, 0) is 23.7 Å². The fraction of sp³-hybridized carbons (Fsp3) is 0.286. The van der Waals surface area contributed by atoms with Crippen molar-refractivity contribution < 1.29 is 9.21 Å². The lowest BCUT2D eigenvalue weighted by atomic mass is 10.2. The van der Waals surface area contributed by atoms with Crippen LogP contribution in [0.1, 0.15) is 18.2 Å². The summed E-state index contributed by atoms with van der Waals surface area (Å²) in [6.07, 6.45) is 0.0594. The summed E-state index contributed by atoms with van der Waals surface area (Å²) in [6, 6.07) is 2.68. The third kappa shape index (κ3) is 2.25. The van der Waals surface area contributed by atoms with Gasteiger partial charge in [-0.15, -0.1) is 0 Å². The molecular formula is C7H9ClN2O2. The minimum Gasteiger partial charge on any atom is -0.448 e. The minimum absolute atomic E-state index is 0.0594. The summed E-state index contributed by atoms with van der Waals surface area (Å²) in [5.74, 6) is 0.00817. The van der Waals surface area contributed by atoms with Crippen LogP contribution in [-0.4, -0.2) is 5.91 Å². The molecule has 4 N–H and O–H groups in total. The van der Waals surface area contributed by atoms with Gasteiger partial charge in [0, 0.05) is 6.42 Å². The van der Waals surface area contributed by atoms with Crippen molar-refractivity contribution in [3.8, 4) is 0 Å². The Bertz CT molecular complexity index is 285. The van der Waals surface area contributed by atoms with Gasteiger partial charge in [0.05, 0.1) is 6.04 Å². The van der Waals surface area contributed by atoms with Crippen LogP contribution in [0.4, 0.5) is 0 Å². The van der Waals surface area contributed by atoms with E-state index in [-0.39, 0.29) is 11.6 Å². The fourth-order valence-corrected chi connectivity index (χ4v) is 0.997. The van der Waals surface area contributed by atoms with Gasteiger partial charge in [0.2, 0.25) is 5.91 Å². The van der Waals surface area contributed by atoms with E-state index in [0.29, 0.717) is 5.76 Å². The van der Waals surface area contributed by atoms with Crippen LogP contribution >= 0.6 is 11.6 Å². The van der Waals surface area contributed by atoms with Gasteiger partial charge in [0.25, 0.3) is 0 Å². The first-order valence-corrected chi connectivity index (χ1v) is 3.76. The standard InChI is InChI=1S/C7H9ClN2O2/c8-6-2-1-5(12-6)4(9)3-7(10)11/h1-2,4H,3,9H2,(H2,10,11). The van der Waals surface area contributed by atoms with E-state index in [1.54, 1.807) is 12.1 Å². The molecule has 0 saturated carbocycles. The molecule has 0 saturated heterocycles. The van der Waals surface area contributed by atoms with Crippen molar-refractivity contribution in [2.45, 2.75) is 12.5 Å². The molecule has 1 unspecified atom stereocenters. The summed E-state index contributed by atoms with van der Waals surface area (Å²) >= 11 is 5.50. The van der Waals surface area contributed by atoms with Crippen LogP contribution in [-0.2, 0) is 4.79 Å². The summed E-state index contributed by atoms with van der Waals surface area (Å²) in [6.45, 7) is 0. The van der Waals surface area contributed by atoms with Gasteiger partial charge < -0.3 is 15.9 Å². The first-order chi connectivity index (χ1) is 5.59. The highest BCUT2D eigenvalue weighted by Gasteiger charge is 2.12. The average molecular weight is 189 g/mol. The molecule has 0 fully saturated rings. The Labute approximate surface area is 74.5 Å². The highest BCUT2D eigenvalue weighted by Crippen LogP contribution is 2.19. The topological polar surface area (TPSA) is 82.2 Å². The number of hydrogen-bond acceptors (Lipinski definition) is 3. The first-order valence-electron chi connectivity index (χ1n) is 3.38. The highest BCUT2D eigenvalue weighted by molar-refractivity contribution is 6.28. The lowest BCUT2D eigenvalue weighted by molar-refractivity contribution is -0.118. The van der Waals surface area contributed by atoms with Gasteiger partial charge in [-0.3, -0.25) is 4.79 Å². The second-order valence-electron chi connectivity index (χ2n) is 2.42. The lowest BCUT2D eigenvalue weighted by Gasteiger charge is -2.03. The summed E-state index contributed by atoms with van der Waals surface area (Å²) in [5.41, 5.74) is 10.5. The predicted molar refractivity (Wildman–Crippen MR) is 44.5 cm³/mol. The molecule has 66 valence electrons. The maximum absolute atomic E-state index is 10.5. The second kappa shape index (κ2) is 3.60. The Kier molecular flexibility index (Phi) is 2.73. The van der Waals surface area contributed by atoms with Crippen LogP contribution in [0.2, 0.25) is 5.22 Å². The number of primary amides is 1. The van der Waals surface area contributed by atoms with Crippen molar-refractivity contribution in [1.29, 1.82) is 0 Å². The van der Waals surface area contributed by atoms with Crippen molar-refractivity contribution in [2.75, 3.05) is 0 Å². The number of rotatable bonds is 3. The molecule has 0 aliphatic carbocycles. The molecule has 0 spiro atoms. The fourth-order valence-electron chi connectivity index (χ4n) is 0.845. The Balaban J connectivity index is 2.64. The van der Waals surface area contributed by atoms with E-state index in [0.717, 1.165) is 0 Å². The maximum atomic E-state index is 10.5. The van der Waals surface area contributed by atoms with E-state index in [1.807, 2.05) is 0 Å². The van der Waals surface area contributed by atoms with E-state index >= 15 is 0 Å². The molecule has 1 atom stereocenters. The average Bonchev–Trinajstić information content (AvgIpc) is 2.34. The molecule has 1 rings (SSSR count). The van der Waals surface area contributed by atoms with Crippen molar-refractivity contribution in [2.24, 2.45) is 11.5 Å². The van der Waals surface area contributed by atoms with Gasteiger partial charge in [-0.1, -0.05) is 0 Å². The molecule has 0 aliphatic heterocycles. The summed E-state index contributed by atoms with van der Waals surface area (Å²) < 4.78 is 4.98. The van der Waals surface area contributed by atoms with E-state index in [2.05, 4.69) is 0 Å². The number of amides is 1. The summed E-state index contributed by atoms with van der Waals surface area (Å²) in [4.78, 5) is 10.5. The minimum atomic E-state index is -0.505. The summed E-state index contributed by atoms with van der Waals surface area (Å²) in [7, 11) is 0. The van der Waals surface area contributed by atoms with Crippen LogP contribution in [0.3, 0.4) is 0 Å². The number of nitrogens with two attached hydrogens (primary N) is 2. The second-order valence-corrected chi connectivity index (χ2v) is 2.79. The number of carbonyl (C=O) groups excluding carboxylic acids is 1. The number of carbonyl (C=O) groups is 1. The van der Waals surface area contributed by atoms with Crippen LogP contribution in [0, 0.1) is 0 Å². The SMILES string of the molecule is NC(=O)CC(N)c1ccc(Cl)o1. The van der Waals surface area contributed by atoms with E-state index < -0.39 is 11.9 Å². The smallest absolute Gasteiger partial charge is 0.219 e. The van der Waals surface area contributed by atoms with Crippen LogP contribution < -0.4 is 11.5 Å². The molecule has 12 heavy (non-hydrogen) atoms. The third-order valence-electron chi connectivity index (χ3n) is 1.38. The number of hydrogen-bond donors (Lipinski definition) is 2. The van der Waals surface area contributed by atoms with Crippen LogP contribution in [0.25, 0.3) is 0 Å². The van der Waals surface area contributed by atoms with Crippen LogP contribution in [0.15, 0.2) is 16.5 Å². The van der Waals surface area contributed by atoms with Crippen LogP contribution in [0.5, 0.6) is 0 Å². The molecule has 4 nitrogen and oxygen atoms in total. The zero-order valence-corrected chi connectivity index (χ0v) is 7.04. The van der Waals surface area contributed by atoms with Crippen molar-refractivity contribution >= 4 is 17.5 Å². The molecule has 0 bridgehead atoms. The first kappa shape index (κ1) is 9.09. The molecular weight excluding hydrogens is 180 g/mol. The Hall–Kier alpha value is -1.00. The monoisotopic (exact) mass is 188 g/mol. The third-order valence-corrected chi connectivity index (χ3v) is 1.58. The zero-order chi connectivity index (χ0) is 9.14. The lowest BCUT2D eigenvalue weighted by Crippen LogP contribution is -2.20. The van der Waals surface area contributed by atoms with E-state index in [9.17, 15) is 4.79 Å². The van der Waals surface area contributed by atoms with Gasteiger partial charge in [0.1, 0.15) is 5.76 Å². The molecule has 0 aromatic carbocycles. The Morgan fingerprint density at radius 3 is 2.75 bits per heavy atom.